The quantitative estimate of drug-likeness (QED) is 0.296. The van der Waals surface area contributed by atoms with Gasteiger partial charge in [-0.3, -0.25) is 4.99 Å². The number of aliphatic imine (C=N–C) groups is 1. The van der Waals surface area contributed by atoms with Crippen LogP contribution < -0.4 is 25.0 Å². The second-order valence-electron chi connectivity index (χ2n) is 8.49. The number of rotatable bonds is 7. The molecular weight excluding hydrogens is 529 g/mol. The number of hydrogen-bond donors (Lipinski definition) is 2. The van der Waals surface area contributed by atoms with Gasteiger partial charge in [-0.25, -0.2) is 4.98 Å². The van der Waals surface area contributed by atoms with E-state index in [-0.39, 0.29) is 30.1 Å². The van der Waals surface area contributed by atoms with Gasteiger partial charge in [-0.15, -0.1) is 24.0 Å². The van der Waals surface area contributed by atoms with Gasteiger partial charge in [-0.05, 0) is 56.7 Å². The van der Waals surface area contributed by atoms with Gasteiger partial charge in [-0.2, -0.15) is 0 Å². The van der Waals surface area contributed by atoms with Gasteiger partial charge in [0.2, 0.25) is 0 Å². The van der Waals surface area contributed by atoms with Crippen LogP contribution in [0, 0.1) is 0 Å². The summed E-state index contributed by atoms with van der Waals surface area (Å²) in [6.07, 6.45) is 8.95. The van der Waals surface area contributed by atoms with E-state index in [1.54, 1.807) is 7.11 Å². The average Bonchev–Trinajstić information content (AvgIpc) is 3.36. The molecule has 2 aromatic rings. The zero-order chi connectivity index (χ0) is 22.2. The molecule has 2 N–H and O–H groups in total. The summed E-state index contributed by atoms with van der Waals surface area (Å²) in [5.41, 5.74) is 1.09. The summed E-state index contributed by atoms with van der Waals surface area (Å²) >= 11 is 0. The Kier molecular flexibility index (Phi) is 9.90. The number of pyridine rings is 1. The monoisotopic (exact) mass is 565 g/mol. The number of ether oxygens (including phenoxy) is 2. The number of nitrogens with zero attached hydrogens (tertiary/aromatic N) is 3. The van der Waals surface area contributed by atoms with Crippen LogP contribution in [-0.2, 0) is 6.54 Å². The third-order valence-electron chi connectivity index (χ3n) is 6.35. The number of hydrogen-bond acceptors (Lipinski definition) is 5. The highest BCUT2D eigenvalue weighted by atomic mass is 127. The van der Waals surface area contributed by atoms with Crippen molar-refractivity contribution in [1.29, 1.82) is 0 Å². The zero-order valence-electron chi connectivity index (χ0n) is 19.6. The lowest BCUT2D eigenvalue weighted by atomic mass is 10.1. The maximum atomic E-state index is 6.36. The first-order valence-corrected chi connectivity index (χ1v) is 11.7. The fourth-order valence-corrected chi connectivity index (χ4v) is 4.53. The molecule has 0 radical (unpaired) electrons. The average molecular weight is 566 g/mol. The summed E-state index contributed by atoms with van der Waals surface area (Å²) in [6, 6.07) is 12.5. The van der Waals surface area contributed by atoms with Crippen LogP contribution >= 0.6 is 24.0 Å². The van der Waals surface area contributed by atoms with E-state index in [1.165, 1.54) is 12.8 Å². The molecule has 1 aromatic heterocycles. The molecule has 2 heterocycles. The highest BCUT2D eigenvalue weighted by Crippen LogP contribution is 2.34. The van der Waals surface area contributed by atoms with Gasteiger partial charge >= 0.3 is 0 Å². The largest absolute Gasteiger partial charge is 0.493 e. The Morgan fingerprint density at radius 1 is 1.09 bits per heavy atom. The van der Waals surface area contributed by atoms with E-state index < -0.39 is 0 Å². The summed E-state index contributed by atoms with van der Waals surface area (Å²) < 4.78 is 12.0. The molecular formula is C25H36IN5O2. The number of halogens is 1. The minimum absolute atomic E-state index is 0. The predicted octanol–water partition coefficient (Wildman–Crippen LogP) is 4.36. The van der Waals surface area contributed by atoms with Crippen molar-refractivity contribution in [2.24, 2.45) is 4.99 Å². The Bertz CT molecular complexity index is 882. The molecule has 0 unspecified atom stereocenters. The fourth-order valence-electron chi connectivity index (χ4n) is 4.53. The Hall–Kier alpha value is -2.23. The van der Waals surface area contributed by atoms with Crippen LogP contribution in [0.1, 0.15) is 44.1 Å². The van der Waals surface area contributed by atoms with Crippen LogP contribution in [0.25, 0.3) is 0 Å². The van der Waals surface area contributed by atoms with E-state index in [0.29, 0.717) is 12.6 Å². The molecule has 1 aliphatic carbocycles. The van der Waals surface area contributed by atoms with Crippen molar-refractivity contribution in [1.82, 2.24) is 15.6 Å². The summed E-state index contributed by atoms with van der Waals surface area (Å²) in [7, 11) is 3.52. The normalized spacial score (nSPS) is 17.4. The minimum atomic E-state index is 0. The Morgan fingerprint density at radius 2 is 1.88 bits per heavy atom. The SMILES string of the molecule is CN=C(NCc1cccc(OC)c1OC1CCCC1)NC1CCN(c2ccccn2)CC1.I. The third-order valence-corrected chi connectivity index (χ3v) is 6.35. The van der Waals surface area contributed by atoms with Gasteiger partial charge in [0.1, 0.15) is 5.82 Å². The first-order valence-electron chi connectivity index (χ1n) is 11.7. The van der Waals surface area contributed by atoms with Gasteiger partial charge in [0.25, 0.3) is 0 Å². The maximum absolute atomic E-state index is 6.36. The fraction of sp³-hybridized carbons (Fsp3) is 0.520. The molecule has 2 fully saturated rings. The number of aromatic nitrogens is 1. The van der Waals surface area contributed by atoms with Gasteiger partial charge in [0.15, 0.2) is 17.5 Å². The van der Waals surface area contributed by atoms with Gasteiger partial charge in [0.05, 0.1) is 13.2 Å². The number of piperidine rings is 1. The van der Waals surface area contributed by atoms with E-state index in [9.17, 15) is 0 Å². The number of para-hydroxylation sites is 1. The van der Waals surface area contributed by atoms with Gasteiger partial charge in [0, 0.05) is 44.5 Å². The molecule has 2 aliphatic rings. The second-order valence-corrected chi connectivity index (χ2v) is 8.49. The van der Waals surface area contributed by atoms with E-state index in [2.05, 4.69) is 37.6 Å². The molecule has 0 spiro atoms. The lowest BCUT2D eigenvalue weighted by molar-refractivity contribution is 0.198. The molecule has 1 aliphatic heterocycles. The van der Waals surface area contributed by atoms with Crippen LogP contribution in [0.3, 0.4) is 0 Å². The first-order chi connectivity index (χ1) is 15.8. The standard InChI is InChI=1S/C25H35N5O2.HI/c1-26-25(29-20-13-16-30(17-14-20)23-12-5-6-15-27-23)28-18-19-8-7-11-22(31-2)24(19)32-21-9-3-4-10-21;/h5-8,11-12,15,20-21H,3-4,9-10,13-14,16-18H2,1-2H3,(H2,26,28,29);1H. The van der Waals surface area contributed by atoms with E-state index in [0.717, 1.165) is 67.6 Å². The summed E-state index contributed by atoms with van der Waals surface area (Å²) in [5, 5.41) is 7.06. The van der Waals surface area contributed by atoms with E-state index >= 15 is 0 Å². The van der Waals surface area contributed by atoms with Crippen LogP contribution in [-0.4, -0.2) is 50.3 Å². The molecule has 1 aromatic carbocycles. The predicted molar refractivity (Wildman–Crippen MR) is 144 cm³/mol. The number of benzene rings is 1. The molecule has 4 rings (SSSR count). The van der Waals surface area contributed by atoms with E-state index in [4.69, 9.17) is 9.47 Å². The van der Waals surface area contributed by atoms with Crippen LogP contribution in [0.2, 0.25) is 0 Å². The van der Waals surface area contributed by atoms with Crippen molar-refractivity contribution in [2.75, 3.05) is 32.1 Å². The second kappa shape index (κ2) is 12.9. The molecule has 0 atom stereocenters. The molecule has 0 amide bonds. The minimum Gasteiger partial charge on any atom is -0.493 e. The van der Waals surface area contributed by atoms with Crippen LogP contribution in [0.5, 0.6) is 11.5 Å². The third kappa shape index (κ3) is 6.88. The van der Waals surface area contributed by atoms with Crippen molar-refractivity contribution < 1.29 is 9.47 Å². The maximum Gasteiger partial charge on any atom is 0.191 e. The summed E-state index contributed by atoms with van der Waals surface area (Å²) in [5.74, 6) is 3.52. The first kappa shape index (κ1) is 25.4. The molecule has 7 nitrogen and oxygen atoms in total. The van der Waals surface area contributed by atoms with Crippen molar-refractivity contribution in [2.45, 2.75) is 57.2 Å². The zero-order valence-corrected chi connectivity index (χ0v) is 22.0. The molecule has 33 heavy (non-hydrogen) atoms. The van der Waals surface area contributed by atoms with Crippen molar-refractivity contribution in [3.05, 3.63) is 48.2 Å². The number of nitrogens with one attached hydrogen (secondary N) is 2. The van der Waals surface area contributed by atoms with Crippen LogP contribution in [0.15, 0.2) is 47.6 Å². The van der Waals surface area contributed by atoms with Crippen LogP contribution in [0.4, 0.5) is 5.82 Å². The molecule has 1 saturated carbocycles. The Labute approximate surface area is 214 Å². The van der Waals surface area contributed by atoms with Gasteiger partial charge < -0.3 is 25.0 Å². The number of methoxy groups -OCH3 is 1. The van der Waals surface area contributed by atoms with Crippen molar-refractivity contribution in [3.8, 4) is 11.5 Å². The van der Waals surface area contributed by atoms with Gasteiger partial charge in [-0.1, -0.05) is 18.2 Å². The lowest BCUT2D eigenvalue weighted by Crippen LogP contribution is -2.48. The highest BCUT2D eigenvalue weighted by Gasteiger charge is 2.22. The number of anilines is 1. The summed E-state index contributed by atoms with van der Waals surface area (Å²) in [6.45, 7) is 2.60. The molecule has 1 saturated heterocycles. The highest BCUT2D eigenvalue weighted by molar-refractivity contribution is 14.0. The Morgan fingerprint density at radius 3 is 2.55 bits per heavy atom. The lowest BCUT2D eigenvalue weighted by Gasteiger charge is -2.33. The molecule has 180 valence electrons. The van der Waals surface area contributed by atoms with Crippen molar-refractivity contribution in [3.63, 3.8) is 0 Å². The topological polar surface area (TPSA) is 71.0 Å². The van der Waals surface area contributed by atoms with E-state index in [1.807, 2.05) is 37.5 Å². The smallest absolute Gasteiger partial charge is 0.191 e. The van der Waals surface area contributed by atoms with Crippen molar-refractivity contribution >= 4 is 35.8 Å². The molecule has 0 bridgehead atoms. The number of guanidine groups is 1. The molecule has 8 heteroatoms. The Balaban J connectivity index is 0.00000306. The summed E-state index contributed by atoms with van der Waals surface area (Å²) in [4.78, 5) is 11.3.